The highest BCUT2D eigenvalue weighted by Crippen LogP contribution is 2.19. The molecule has 0 radical (unpaired) electrons. The number of non-ortho nitro benzene ring substituents is 1. The molecule has 0 bridgehead atoms. The summed E-state index contributed by atoms with van der Waals surface area (Å²) in [4.78, 5) is 18.6. The van der Waals surface area contributed by atoms with Crippen LogP contribution >= 0.6 is 0 Å². The molecule has 2 aromatic rings. The minimum Gasteiger partial charge on any atom is -0.492 e. The maximum Gasteiger partial charge on any atom is 0.271 e. The average molecular weight is 245 g/mol. The minimum absolute atomic E-state index is 0.00631. The van der Waals surface area contributed by atoms with Crippen molar-refractivity contribution in [3.8, 4) is 0 Å². The number of ether oxygens (including phenoxy) is 1. The van der Waals surface area contributed by atoms with Crippen molar-refractivity contribution >= 4 is 22.5 Å². The van der Waals surface area contributed by atoms with Crippen molar-refractivity contribution in [3.63, 3.8) is 0 Å². The lowest BCUT2D eigenvalue weighted by Crippen LogP contribution is -1.96. The molecule has 6 heteroatoms. The Kier molecular flexibility index (Phi) is 3.18. The molecule has 0 fully saturated rings. The first-order chi connectivity index (χ1) is 8.61. The first-order valence-electron chi connectivity index (χ1n) is 5.35. The minimum atomic E-state index is -0.464. The van der Waals surface area contributed by atoms with Gasteiger partial charge in [0.25, 0.3) is 5.69 Å². The van der Waals surface area contributed by atoms with E-state index in [0.717, 1.165) is 0 Å². The van der Waals surface area contributed by atoms with E-state index in [1.807, 2.05) is 6.92 Å². The van der Waals surface area contributed by atoms with Crippen molar-refractivity contribution in [1.82, 2.24) is 9.97 Å². The summed E-state index contributed by atoms with van der Waals surface area (Å²) in [6.45, 7) is 6.08. The standard InChI is InChI=1S/C12H11N3O3/c1-3-18-8(2)12-7-13-11-6-9(15(16)17)4-5-10(11)14-12/h4-7H,2-3H2,1H3. The second kappa shape index (κ2) is 4.79. The lowest BCUT2D eigenvalue weighted by atomic mass is 10.2. The van der Waals surface area contributed by atoms with Gasteiger partial charge in [0, 0.05) is 12.1 Å². The van der Waals surface area contributed by atoms with Crippen LogP contribution in [0.2, 0.25) is 0 Å². The molecule has 92 valence electrons. The Bertz CT molecular complexity index is 625. The van der Waals surface area contributed by atoms with E-state index in [1.165, 1.54) is 18.3 Å². The van der Waals surface area contributed by atoms with Gasteiger partial charge in [-0.2, -0.15) is 0 Å². The van der Waals surface area contributed by atoms with Crippen molar-refractivity contribution < 1.29 is 9.66 Å². The highest BCUT2D eigenvalue weighted by Gasteiger charge is 2.09. The second-order valence-electron chi connectivity index (χ2n) is 3.54. The summed E-state index contributed by atoms with van der Waals surface area (Å²) in [6, 6.07) is 4.34. The third-order valence-electron chi connectivity index (χ3n) is 2.34. The van der Waals surface area contributed by atoms with Gasteiger partial charge in [-0.15, -0.1) is 0 Å². The zero-order chi connectivity index (χ0) is 13.1. The molecule has 1 heterocycles. The number of hydrogen-bond donors (Lipinski definition) is 0. The molecular formula is C12H11N3O3. The first kappa shape index (κ1) is 12.0. The Morgan fingerprint density at radius 3 is 2.94 bits per heavy atom. The Labute approximate surface area is 103 Å². The first-order valence-corrected chi connectivity index (χ1v) is 5.35. The van der Waals surface area contributed by atoms with E-state index in [0.29, 0.717) is 29.1 Å². The monoisotopic (exact) mass is 245 g/mol. The van der Waals surface area contributed by atoms with Crippen LogP contribution < -0.4 is 0 Å². The van der Waals surface area contributed by atoms with Gasteiger partial charge in [0.2, 0.25) is 0 Å². The molecular weight excluding hydrogens is 234 g/mol. The molecule has 1 aromatic carbocycles. The van der Waals surface area contributed by atoms with Gasteiger partial charge in [0.1, 0.15) is 11.5 Å². The van der Waals surface area contributed by atoms with Gasteiger partial charge in [0.15, 0.2) is 0 Å². The van der Waals surface area contributed by atoms with Gasteiger partial charge in [0.05, 0.1) is 28.8 Å². The molecule has 0 N–H and O–H groups in total. The Hall–Kier alpha value is -2.50. The Morgan fingerprint density at radius 2 is 2.28 bits per heavy atom. The largest absolute Gasteiger partial charge is 0.492 e. The highest BCUT2D eigenvalue weighted by molar-refractivity contribution is 5.78. The number of fused-ring (bicyclic) bond motifs is 1. The van der Waals surface area contributed by atoms with Gasteiger partial charge < -0.3 is 4.74 Å². The number of nitro groups is 1. The average Bonchev–Trinajstić information content (AvgIpc) is 2.37. The van der Waals surface area contributed by atoms with Gasteiger partial charge in [-0.3, -0.25) is 15.1 Å². The fourth-order valence-electron chi connectivity index (χ4n) is 1.50. The predicted octanol–water partition coefficient (Wildman–Crippen LogP) is 2.55. The van der Waals surface area contributed by atoms with Gasteiger partial charge in [-0.05, 0) is 13.0 Å². The Balaban J connectivity index is 2.44. The molecule has 6 nitrogen and oxygen atoms in total. The summed E-state index contributed by atoms with van der Waals surface area (Å²) in [5.41, 5.74) is 1.56. The third-order valence-corrected chi connectivity index (χ3v) is 2.34. The Morgan fingerprint density at radius 1 is 1.50 bits per heavy atom. The zero-order valence-electron chi connectivity index (χ0n) is 9.79. The number of benzene rings is 1. The van der Waals surface area contributed by atoms with Crippen molar-refractivity contribution in [2.24, 2.45) is 0 Å². The maximum absolute atomic E-state index is 10.6. The van der Waals surface area contributed by atoms with Crippen LogP contribution in [0, 0.1) is 10.1 Å². The lowest BCUT2D eigenvalue weighted by molar-refractivity contribution is -0.384. The molecule has 0 saturated heterocycles. The van der Waals surface area contributed by atoms with E-state index >= 15 is 0 Å². The van der Waals surface area contributed by atoms with Crippen LogP contribution in [-0.2, 0) is 4.74 Å². The molecule has 0 aliphatic carbocycles. The van der Waals surface area contributed by atoms with E-state index < -0.39 is 4.92 Å². The zero-order valence-corrected chi connectivity index (χ0v) is 9.79. The van der Waals surface area contributed by atoms with Crippen LogP contribution in [0.3, 0.4) is 0 Å². The molecule has 0 amide bonds. The molecule has 0 unspecified atom stereocenters. The normalized spacial score (nSPS) is 10.3. The molecule has 2 rings (SSSR count). The van der Waals surface area contributed by atoms with Crippen LogP contribution in [-0.4, -0.2) is 21.5 Å². The summed E-state index contributed by atoms with van der Waals surface area (Å²) in [7, 11) is 0. The SMILES string of the molecule is C=C(OCC)c1cnc2cc([N+](=O)[O-])ccc2n1. The second-order valence-corrected chi connectivity index (χ2v) is 3.54. The van der Waals surface area contributed by atoms with E-state index in [4.69, 9.17) is 4.74 Å². The molecule has 1 aromatic heterocycles. The molecule has 0 aliphatic rings. The van der Waals surface area contributed by atoms with Crippen molar-refractivity contribution in [2.75, 3.05) is 6.61 Å². The molecule has 0 atom stereocenters. The van der Waals surface area contributed by atoms with Gasteiger partial charge in [-0.25, -0.2) is 4.98 Å². The molecule has 0 aliphatic heterocycles. The van der Waals surface area contributed by atoms with E-state index in [-0.39, 0.29) is 5.69 Å². The number of aromatic nitrogens is 2. The maximum atomic E-state index is 10.6. The van der Waals surface area contributed by atoms with E-state index in [1.54, 1.807) is 6.07 Å². The molecule has 0 spiro atoms. The van der Waals surface area contributed by atoms with Gasteiger partial charge >= 0.3 is 0 Å². The van der Waals surface area contributed by atoms with Crippen LogP contribution in [0.25, 0.3) is 16.8 Å². The highest BCUT2D eigenvalue weighted by atomic mass is 16.6. The van der Waals surface area contributed by atoms with Crippen LogP contribution in [0.15, 0.2) is 31.0 Å². The summed E-state index contributed by atoms with van der Waals surface area (Å²) in [6.07, 6.45) is 1.49. The van der Waals surface area contributed by atoms with Crippen LogP contribution in [0.4, 0.5) is 5.69 Å². The van der Waals surface area contributed by atoms with E-state index in [9.17, 15) is 10.1 Å². The number of nitrogens with zero attached hydrogens (tertiary/aromatic N) is 3. The van der Waals surface area contributed by atoms with Gasteiger partial charge in [-0.1, -0.05) is 6.58 Å². The van der Waals surface area contributed by atoms with Crippen LogP contribution in [0.5, 0.6) is 0 Å². The van der Waals surface area contributed by atoms with E-state index in [2.05, 4.69) is 16.5 Å². The molecule has 18 heavy (non-hydrogen) atoms. The number of nitro benzene ring substituents is 1. The number of hydrogen-bond acceptors (Lipinski definition) is 5. The van der Waals surface area contributed by atoms with Crippen molar-refractivity contribution in [2.45, 2.75) is 6.92 Å². The summed E-state index contributed by atoms with van der Waals surface area (Å²) >= 11 is 0. The lowest BCUT2D eigenvalue weighted by Gasteiger charge is -2.06. The molecule has 0 saturated carbocycles. The summed E-state index contributed by atoms with van der Waals surface area (Å²) in [5, 5.41) is 10.6. The fourth-order valence-corrected chi connectivity index (χ4v) is 1.50. The van der Waals surface area contributed by atoms with Crippen molar-refractivity contribution in [1.29, 1.82) is 0 Å². The van der Waals surface area contributed by atoms with Crippen LogP contribution in [0.1, 0.15) is 12.6 Å². The number of rotatable bonds is 4. The summed E-state index contributed by atoms with van der Waals surface area (Å²) in [5.74, 6) is 0.435. The quantitative estimate of drug-likeness (QED) is 0.470. The summed E-state index contributed by atoms with van der Waals surface area (Å²) < 4.78 is 5.23. The van der Waals surface area contributed by atoms with Crippen molar-refractivity contribution in [3.05, 3.63) is 46.8 Å². The third kappa shape index (κ3) is 2.27. The smallest absolute Gasteiger partial charge is 0.271 e. The predicted molar refractivity (Wildman–Crippen MR) is 66.9 cm³/mol. The fraction of sp³-hybridized carbons (Fsp3) is 0.167. The topological polar surface area (TPSA) is 78.2 Å².